The number of ether oxygens (including phenoxy) is 1. The maximum atomic E-state index is 12.9. The Morgan fingerprint density at radius 2 is 2.07 bits per heavy atom. The maximum Gasteiger partial charge on any atom is 0.255 e. The van der Waals surface area contributed by atoms with E-state index in [0.717, 1.165) is 19.0 Å². The van der Waals surface area contributed by atoms with Crippen LogP contribution in [0.4, 0.5) is 0 Å². The number of likely N-dealkylation sites (tertiary alicyclic amines) is 1. The SMILES string of the molecule is COc1cc(-n2cnnn2)c(Cl)cc1C(=O)NC[C@@H](C(C)C)N1CCC(C)CC1. The van der Waals surface area contributed by atoms with Gasteiger partial charge in [-0.3, -0.25) is 9.69 Å². The first kappa shape index (κ1) is 21.5. The highest BCUT2D eigenvalue weighted by molar-refractivity contribution is 6.33. The van der Waals surface area contributed by atoms with Gasteiger partial charge in [-0.1, -0.05) is 32.4 Å². The molecule has 1 amide bonds. The monoisotopic (exact) mass is 420 g/mol. The lowest BCUT2D eigenvalue weighted by molar-refractivity contribution is 0.0860. The van der Waals surface area contributed by atoms with Gasteiger partial charge in [0.15, 0.2) is 0 Å². The van der Waals surface area contributed by atoms with Gasteiger partial charge in [0.1, 0.15) is 12.1 Å². The number of piperidine rings is 1. The fourth-order valence-electron chi connectivity index (χ4n) is 3.78. The van der Waals surface area contributed by atoms with Crippen LogP contribution < -0.4 is 10.1 Å². The van der Waals surface area contributed by atoms with Crippen LogP contribution in [0.2, 0.25) is 5.02 Å². The van der Waals surface area contributed by atoms with Crippen LogP contribution in [0.3, 0.4) is 0 Å². The largest absolute Gasteiger partial charge is 0.496 e. The Bertz CT molecular complexity index is 819. The zero-order valence-electron chi connectivity index (χ0n) is 17.4. The molecule has 3 rings (SSSR count). The molecule has 1 aromatic heterocycles. The van der Waals surface area contributed by atoms with Crippen LogP contribution in [0.1, 0.15) is 44.0 Å². The molecule has 0 spiro atoms. The molecule has 158 valence electrons. The van der Waals surface area contributed by atoms with E-state index in [9.17, 15) is 4.79 Å². The molecule has 1 aliphatic rings. The molecule has 1 aromatic carbocycles. The third kappa shape index (κ3) is 5.05. The van der Waals surface area contributed by atoms with Crippen molar-refractivity contribution in [1.29, 1.82) is 0 Å². The molecule has 1 saturated heterocycles. The van der Waals surface area contributed by atoms with E-state index < -0.39 is 0 Å². The minimum Gasteiger partial charge on any atom is -0.496 e. The molecular formula is C20H29ClN6O2. The van der Waals surface area contributed by atoms with E-state index in [1.807, 2.05) is 0 Å². The number of amides is 1. The number of tetrazole rings is 1. The molecule has 29 heavy (non-hydrogen) atoms. The summed E-state index contributed by atoms with van der Waals surface area (Å²) in [4.78, 5) is 15.4. The standard InChI is InChI=1S/C20H29ClN6O2/c1-13(2)18(26-7-5-14(3)6-8-26)11-22-20(28)15-9-16(21)17(10-19(15)29-4)27-12-23-24-25-27/h9-10,12-14,18H,5-8,11H2,1-4H3,(H,22,28)/t18-/m0/s1. The number of aromatic nitrogens is 4. The van der Waals surface area contributed by atoms with Crippen LogP contribution in [0, 0.1) is 11.8 Å². The topological polar surface area (TPSA) is 85.2 Å². The van der Waals surface area contributed by atoms with Gasteiger partial charge in [0, 0.05) is 18.7 Å². The molecule has 2 heterocycles. The fraction of sp³-hybridized carbons (Fsp3) is 0.600. The van der Waals surface area contributed by atoms with Gasteiger partial charge < -0.3 is 10.1 Å². The van der Waals surface area contributed by atoms with Gasteiger partial charge in [-0.25, -0.2) is 0 Å². The quantitative estimate of drug-likeness (QED) is 0.741. The van der Waals surface area contributed by atoms with Gasteiger partial charge in [0.25, 0.3) is 5.91 Å². The number of hydrogen-bond donors (Lipinski definition) is 1. The average Bonchev–Trinajstić information content (AvgIpc) is 3.23. The maximum absolute atomic E-state index is 12.9. The van der Waals surface area contributed by atoms with E-state index in [2.05, 4.69) is 46.5 Å². The van der Waals surface area contributed by atoms with E-state index in [0.29, 0.717) is 40.5 Å². The number of carbonyl (C=O) groups is 1. The Hall–Kier alpha value is -2.19. The molecule has 0 radical (unpaired) electrons. The highest BCUT2D eigenvalue weighted by Gasteiger charge is 2.26. The Balaban J connectivity index is 1.73. The fourth-order valence-corrected chi connectivity index (χ4v) is 4.03. The second-order valence-corrected chi connectivity index (χ2v) is 8.41. The van der Waals surface area contributed by atoms with Crippen molar-refractivity contribution in [2.45, 2.75) is 39.7 Å². The van der Waals surface area contributed by atoms with Crippen LogP contribution in [0.5, 0.6) is 5.75 Å². The first-order valence-electron chi connectivity index (χ1n) is 10.0. The predicted octanol–water partition coefficient (Wildman–Crippen LogP) is 2.81. The summed E-state index contributed by atoms with van der Waals surface area (Å²) in [6.07, 6.45) is 3.85. The van der Waals surface area contributed by atoms with E-state index in [1.165, 1.54) is 31.0 Å². The molecular weight excluding hydrogens is 392 g/mol. The summed E-state index contributed by atoms with van der Waals surface area (Å²) in [5.74, 6) is 1.43. The van der Waals surface area contributed by atoms with E-state index in [4.69, 9.17) is 16.3 Å². The van der Waals surface area contributed by atoms with Gasteiger partial charge in [0.2, 0.25) is 0 Å². The number of methoxy groups -OCH3 is 1. The van der Waals surface area contributed by atoms with Crippen molar-refractivity contribution >= 4 is 17.5 Å². The molecule has 1 atom stereocenters. The predicted molar refractivity (Wildman–Crippen MR) is 112 cm³/mol. The third-order valence-electron chi connectivity index (χ3n) is 5.64. The van der Waals surface area contributed by atoms with Crippen LogP contribution in [0.15, 0.2) is 18.5 Å². The summed E-state index contributed by atoms with van der Waals surface area (Å²) < 4.78 is 6.86. The second kappa shape index (κ2) is 9.54. The Kier molecular flexibility index (Phi) is 7.08. The van der Waals surface area contributed by atoms with Crippen molar-refractivity contribution in [3.05, 3.63) is 29.0 Å². The molecule has 8 nitrogen and oxygen atoms in total. The molecule has 0 aliphatic carbocycles. The number of nitrogens with zero attached hydrogens (tertiary/aromatic N) is 5. The van der Waals surface area contributed by atoms with Crippen LogP contribution in [-0.4, -0.2) is 63.8 Å². The lowest BCUT2D eigenvalue weighted by Gasteiger charge is -2.38. The van der Waals surface area contributed by atoms with Gasteiger partial charge >= 0.3 is 0 Å². The molecule has 1 fully saturated rings. The second-order valence-electron chi connectivity index (χ2n) is 8.00. The molecule has 9 heteroatoms. The van der Waals surface area contributed by atoms with Gasteiger partial charge in [-0.2, -0.15) is 4.68 Å². The van der Waals surface area contributed by atoms with Crippen molar-refractivity contribution in [3.8, 4) is 11.4 Å². The highest BCUT2D eigenvalue weighted by Crippen LogP contribution is 2.29. The Morgan fingerprint density at radius 3 is 2.66 bits per heavy atom. The minimum absolute atomic E-state index is 0.206. The molecule has 0 saturated carbocycles. The summed E-state index contributed by atoms with van der Waals surface area (Å²) >= 11 is 6.38. The molecule has 1 N–H and O–H groups in total. The van der Waals surface area contributed by atoms with Gasteiger partial charge in [-0.05, 0) is 54.3 Å². The van der Waals surface area contributed by atoms with E-state index >= 15 is 0 Å². The number of halogens is 1. The molecule has 0 bridgehead atoms. The lowest BCUT2D eigenvalue weighted by atomic mass is 9.94. The summed E-state index contributed by atoms with van der Waals surface area (Å²) in [6.45, 7) is 9.45. The Labute approximate surface area is 176 Å². The normalized spacial score (nSPS) is 16.8. The first-order valence-corrected chi connectivity index (χ1v) is 10.4. The van der Waals surface area contributed by atoms with Crippen molar-refractivity contribution in [2.75, 3.05) is 26.7 Å². The van der Waals surface area contributed by atoms with Crippen molar-refractivity contribution in [2.24, 2.45) is 11.8 Å². The zero-order valence-corrected chi connectivity index (χ0v) is 18.2. The van der Waals surface area contributed by atoms with Crippen LogP contribution >= 0.6 is 11.6 Å². The third-order valence-corrected chi connectivity index (χ3v) is 5.94. The molecule has 1 aliphatic heterocycles. The number of hydrogen-bond acceptors (Lipinski definition) is 6. The molecule has 2 aromatic rings. The van der Waals surface area contributed by atoms with Gasteiger partial charge in [0.05, 0.1) is 23.4 Å². The molecule has 0 unspecified atom stereocenters. The van der Waals surface area contributed by atoms with Crippen molar-refractivity contribution in [3.63, 3.8) is 0 Å². The summed E-state index contributed by atoms with van der Waals surface area (Å²) in [7, 11) is 1.52. The first-order chi connectivity index (χ1) is 13.9. The van der Waals surface area contributed by atoms with E-state index in [1.54, 1.807) is 12.1 Å². The highest BCUT2D eigenvalue weighted by atomic mass is 35.5. The van der Waals surface area contributed by atoms with Gasteiger partial charge in [-0.15, -0.1) is 5.10 Å². The number of carbonyl (C=O) groups excluding carboxylic acids is 1. The Morgan fingerprint density at radius 1 is 1.34 bits per heavy atom. The van der Waals surface area contributed by atoms with Crippen molar-refractivity contribution in [1.82, 2.24) is 30.4 Å². The lowest BCUT2D eigenvalue weighted by Crippen LogP contribution is -2.49. The number of nitrogens with one attached hydrogen (secondary N) is 1. The number of benzene rings is 1. The summed E-state index contributed by atoms with van der Waals surface area (Å²) in [5, 5.41) is 14.5. The number of rotatable bonds is 7. The van der Waals surface area contributed by atoms with Crippen molar-refractivity contribution < 1.29 is 9.53 Å². The van der Waals surface area contributed by atoms with Crippen LogP contribution in [0.25, 0.3) is 5.69 Å². The van der Waals surface area contributed by atoms with E-state index in [-0.39, 0.29) is 5.91 Å². The summed E-state index contributed by atoms with van der Waals surface area (Å²) in [6, 6.07) is 3.56. The minimum atomic E-state index is -0.206. The zero-order chi connectivity index (χ0) is 21.0. The van der Waals surface area contributed by atoms with Crippen LogP contribution in [-0.2, 0) is 0 Å². The average molecular weight is 421 g/mol. The smallest absolute Gasteiger partial charge is 0.255 e. The summed E-state index contributed by atoms with van der Waals surface area (Å²) in [5.41, 5.74) is 0.941.